The third-order valence-corrected chi connectivity index (χ3v) is 3.55. The normalized spacial score (nSPS) is 14.2. The summed E-state index contributed by atoms with van der Waals surface area (Å²) in [4.78, 5) is 16.0. The smallest absolute Gasteiger partial charge is 0.255 e. The zero-order valence-electron chi connectivity index (χ0n) is 11.2. The van der Waals surface area contributed by atoms with Crippen molar-refractivity contribution in [2.45, 2.75) is 12.8 Å². The van der Waals surface area contributed by atoms with E-state index in [2.05, 4.69) is 27.8 Å². The van der Waals surface area contributed by atoms with Crippen LogP contribution in [-0.2, 0) is 12.8 Å². The van der Waals surface area contributed by atoms with Gasteiger partial charge in [0.2, 0.25) is 0 Å². The third-order valence-electron chi connectivity index (χ3n) is 3.55. The number of carbonyl (C=O) groups excluding carboxylic acids is 1. The quantitative estimate of drug-likeness (QED) is 0.875. The van der Waals surface area contributed by atoms with Crippen molar-refractivity contribution in [3.05, 3.63) is 59.4 Å². The number of nitrogens with zero attached hydrogens (tertiary/aromatic N) is 1. The Morgan fingerprint density at radius 2 is 1.80 bits per heavy atom. The van der Waals surface area contributed by atoms with Crippen molar-refractivity contribution in [2.24, 2.45) is 0 Å². The topological polar surface area (TPSA) is 54.0 Å². The Bertz CT molecular complexity index is 610. The molecule has 0 saturated heterocycles. The number of hydrogen-bond acceptors (Lipinski definition) is 3. The molecule has 3 rings (SSSR count). The van der Waals surface area contributed by atoms with Crippen LogP contribution in [0.4, 0.5) is 5.69 Å². The van der Waals surface area contributed by atoms with Crippen LogP contribution in [0.15, 0.2) is 42.7 Å². The fourth-order valence-corrected chi connectivity index (χ4v) is 2.46. The second kappa shape index (κ2) is 5.84. The van der Waals surface area contributed by atoms with Crippen molar-refractivity contribution in [1.29, 1.82) is 0 Å². The highest BCUT2D eigenvalue weighted by atomic mass is 16.1. The molecule has 1 amide bonds. The summed E-state index contributed by atoms with van der Waals surface area (Å²) >= 11 is 0. The van der Waals surface area contributed by atoms with Gasteiger partial charge in [0, 0.05) is 23.6 Å². The first-order chi connectivity index (χ1) is 9.83. The van der Waals surface area contributed by atoms with Gasteiger partial charge in [0.15, 0.2) is 0 Å². The average molecular weight is 267 g/mol. The molecule has 0 bridgehead atoms. The first-order valence-electron chi connectivity index (χ1n) is 6.87. The van der Waals surface area contributed by atoms with E-state index in [0.717, 1.165) is 31.6 Å². The average Bonchev–Trinajstić information content (AvgIpc) is 2.73. The Morgan fingerprint density at radius 1 is 1.05 bits per heavy atom. The highest BCUT2D eigenvalue weighted by Gasteiger charge is 2.10. The molecule has 0 aliphatic carbocycles. The molecule has 0 radical (unpaired) electrons. The molecule has 1 aromatic carbocycles. The molecule has 0 spiro atoms. The lowest BCUT2D eigenvalue weighted by atomic mass is 10.0. The number of aromatic nitrogens is 1. The van der Waals surface area contributed by atoms with Crippen LogP contribution in [0, 0.1) is 0 Å². The standard InChI is InChI=1S/C16H17N3O/c20-16(13-4-8-18-9-5-13)19-15-2-1-12-3-7-17-10-6-14(12)11-15/h1-2,4-5,8-9,11,17H,3,6-7,10H2,(H,19,20). The molecule has 1 aliphatic rings. The maximum Gasteiger partial charge on any atom is 0.255 e. The van der Waals surface area contributed by atoms with Gasteiger partial charge in [0.05, 0.1) is 0 Å². The first-order valence-corrected chi connectivity index (χ1v) is 6.87. The molecule has 0 fully saturated rings. The van der Waals surface area contributed by atoms with E-state index in [0.29, 0.717) is 5.56 Å². The van der Waals surface area contributed by atoms with E-state index < -0.39 is 0 Å². The third kappa shape index (κ3) is 2.86. The largest absolute Gasteiger partial charge is 0.322 e. The molecule has 102 valence electrons. The summed E-state index contributed by atoms with van der Waals surface area (Å²) in [7, 11) is 0. The van der Waals surface area contributed by atoms with E-state index in [4.69, 9.17) is 0 Å². The van der Waals surface area contributed by atoms with Crippen LogP contribution in [0.5, 0.6) is 0 Å². The van der Waals surface area contributed by atoms with Gasteiger partial charge < -0.3 is 10.6 Å². The van der Waals surface area contributed by atoms with Gasteiger partial charge in [-0.2, -0.15) is 0 Å². The van der Waals surface area contributed by atoms with Gasteiger partial charge in [-0.15, -0.1) is 0 Å². The Kier molecular flexibility index (Phi) is 3.74. The van der Waals surface area contributed by atoms with Crippen LogP contribution in [0.3, 0.4) is 0 Å². The number of anilines is 1. The van der Waals surface area contributed by atoms with Crippen molar-refractivity contribution >= 4 is 11.6 Å². The summed E-state index contributed by atoms with van der Waals surface area (Å²) in [6, 6.07) is 9.60. The summed E-state index contributed by atoms with van der Waals surface area (Å²) in [5.74, 6) is -0.0981. The minimum Gasteiger partial charge on any atom is -0.322 e. The molecule has 2 N–H and O–H groups in total. The van der Waals surface area contributed by atoms with Crippen molar-refractivity contribution in [3.8, 4) is 0 Å². The number of nitrogens with one attached hydrogen (secondary N) is 2. The Morgan fingerprint density at radius 3 is 2.60 bits per heavy atom. The molecular weight excluding hydrogens is 250 g/mol. The van der Waals surface area contributed by atoms with Crippen molar-refractivity contribution in [3.63, 3.8) is 0 Å². The van der Waals surface area contributed by atoms with Crippen molar-refractivity contribution < 1.29 is 4.79 Å². The van der Waals surface area contributed by atoms with Crippen molar-refractivity contribution in [1.82, 2.24) is 10.3 Å². The maximum absolute atomic E-state index is 12.1. The summed E-state index contributed by atoms with van der Waals surface area (Å²) in [6.07, 6.45) is 5.30. The van der Waals surface area contributed by atoms with E-state index in [1.165, 1.54) is 11.1 Å². The highest BCUT2D eigenvalue weighted by molar-refractivity contribution is 6.04. The molecule has 1 aliphatic heterocycles. The molecular formula is C16H17N3O. The van der Waals surface area contributed by atoms with E-state index >= 15 is 0 Å². The number of hydrogen-bond donors (Lipinski definition) is 2. The number of amides is 1. The molecule has 2 aromatic rings. The van der Waals surface area contributed by atoms with E-state index in [-0.39, 0.29) is 5.91 Å². The second-order valence-electron chi connectivity index (χ2n) is 4.92. The van der Waals surface area contributed by atoms with Gasteiger partial charge in [0.1, 0.15) is 0 Å². The molecule has 20 heavy (non-hydrogen) atoms. The molecule has 0 atom stereocenters. The van der Waals surface area contributed by atoms with Crippen LogP contribution in [0.25, 0.3) is 0 Å². The number of pyridine rings is 1. The highest BCUT2D eigenvalue weighted by Crippen LogP contribution is 2.19. The fourth-order valence-electron chi connectivity index (χ4n) is 2.46. The van der Waals surface area contributed by atoms with Gasteiger partial charge in [-0.3, -0.25) is 9.78 Å². The minimum atomic E-state index is -0.0981. The molecule has 0 saturated carbocycles. The van der Waals surface area contributed by atoms with Crippen LogP contribution >= 0.6 is 0 Å². The molecule has 1 aromatic heterocycles. The van der Waals surface area contributed by atoms with Gasteiger partial charge in [-0.1, -0.05) is 6.07 Å². The van der Waals surface area contributed by atoms with Gasteiger partial charge in [-0.25, -0.2) is 0 Å². The SMILES string of the molecule is O=C(Nc1ccc2c(c1)CCNCC2)c1ccncc1. The minimum absolute atomic E-state index is 0.0981. The van der Waals surface area contributed by atoms with Gasteiger partial charge in [0.25, 0.3) is 5.91 Å². The molecule has 0 unspecified atom stereocenters. The molecule has 4 nitrogen and oxygen atoms in total. The van der Waals surface area contributed by atoms with Crippen LogP contribution in [0.1, 0.15) is 21.5 Å². The number of benzene rings is 1. The number of fused-ring (bicyclic) bond motifs is 1. The fraction of sp³-hybridized carbons (Fsp3) is 0.250. The maximum atomic E-state index is 12.1. The molecule has 2 heterocycles. The zero-order chi connectivity index (χ0) is 13.8. The predicted molar refractivity (Wildman–Crippen MR) is 78.9 cm³/mol. The van der Waals surface area contributed by atoms with Crippen LogP contribution in [-0.4, -0.2) is 24.0 Å². The summed E-state index contributed by atoms with van der Waals surface area (Å²) < 4.78 is 0. The lowest BCUT2D eigenvalue weighted by Crippen LogP contribution is -2.16. The van der Waals surface area contributed by atoms with Crippen LogP contribution < -0.4 is 10.6 Å². The zero-order valence-corrected chi connectivity index (χ0v) is 11.2. The van der Waals surface area contributed by atoms with Crippen molar-refractivity contribution in [2.75, 3.05) is 18.4 Å². The van der Waals surface area contributed by atoms with E-state index in [1.54, 1.807) is 24.5 Å². The number of rotatable bonds is 2. The van der Waals surface area contributed by atoms with E-state index in [9.17, 15) is 4.79 Å². The van der Waals surface area contributed by atoms with Gasteiger partial charge in [-0.05, 0) is 61.3 Å². The Balaban J connectivity index is 1.78. The first kappa shape index (κ1) is 12.8. The number of carbonyl (C=O) groups is 1. The Hall–Kier alpha value is -2.20. The van der Waals surface area contributed by atoms with Crippen LogP contribution in [0.2, 0.25) is 0 Å². The predicted octanol–water partition coefficient (Wildman–Crippen LogP) is 2.02. The summed E-state index contributed by atoms with van der Waals surface area (Å²) in [6.45, 7) is 2.02. The second-order valence-corrected chi connectivity index (χ2v) is 4.92. The lowest BCUT2D eigenvalue weighted by molar-refractivity contribution is 0.102. The lowest BCUT2D eigenvalue weighted by Gasteiger charge is -2.10. The monoisotopic (exact) mass is 267 g/mol. The van der Waals surface area contributed by atoms with Gasteiger partial charge >= 0.3 is 0 Å². The van der Waals surface area contributed by atoms with E-state index in [1.807, 2.05) is 6.07 Å². The molecule has 4 heteroatoms. The Labute approximate surface area is 118 Å². The summed E-state index contributed by atoms with van der Waals surface area (Å²) in [5.41, 5.74) is 4.17. The summed E-state index contributed by atoms with van der Waals surface area (Å²) in [5, 5.41) is 6.33.